The maximum atomic E-state index is 6.40. The second kappa shape index (κ2) is 8.44. The summed E-state index contributed by atoms with van der Waals surface area (Å²) in [7, 11) is 0. The molecule has 0 unspecified atom stereocenters. The predicted molar refractivity (Wildman–Crippen MR) is 134 cm³/mol. The van der Waals surface area contributed by atoms with Gasteiger partial charge in [0.2, 0.25) is 0 Å². The first-order valence-corrected chi connectivity index (χ1v) is 10.5. The van der Waals surface area contributed by atoms with Crippen LogP contribution in [0.3, 0.4) is 0 Å². The molecule has 0 radical (unpaired) electrons. The van der Waals surface area contributed by atoms with E-state index in [9.17, 15) is 0 Å². The Kier molecular flexibility index (Phi) is 5.19. The molecule has 0 aromatic heterocycles. The van der Waals surface area contributed by atoms with Gasteiger partial charge in [-0.3, -0.25) is 0 Å². The molecule has 0 saturated heterocycles. The second-order valence-corrected chi connectivity index (χ2v) is 7.53. The fourth-order valence-corrected chi connectivity index (χ4v) is 3.88. The molecule has 2 nitrogen and oxygen atoms in total. The molecule has 2 heteroatoms. The lowest BCUT2D eigenvalue weighted by Gasteiger charge is -2.19. The van der Waals surface area contributed by atoms with Crippen LogP contribution >= 0.6 is 0 Å². The van der Waals surface area contributed by atoms with Gasteiger partial charge < -0.3 is 9.47 Å². The number of hydrogen-bond acceptors (Lipinski definition) is 2. The van der Waals surface area contributed by atoms with Gasteiger partial charge in [0, 0.05) is 32.7 Å². The third kappa shape index (κ3) is 3.63. The minimum Gasteiger partial charge on any atom is -0.456 e. The maximum absolute atomic E-state index is 6.40. The highest BCUT2D eigenvalue weighted by Gasteiger charge is 2.18. The van der Waals surface area contributed by atoms with E-state index in [1.54, 1.807) is 0 Å². The highest BCUT2D eigenvalue weighted by atomic mass is 16.5. The monoisotopic (exact) mass is 414 g/mol. The van der Waals surface area contributed by atoms with Crippen LogP contribution in [0.4, 0.5) is 0 Å². The summed E-state index contributed by atoms with van der Waals surface area (Å²) >= 11 is 0. The van der Waals surface area contributed by atoms with Crippen LogP contribution in [0, 0.1) is 0 Å². The molecule has 5 rings (SSSR count). The number of ether oxygens (including phenoxy) is 2. The van der Waals surface area contributed by atoms with Crippen molar-refractivity contribution in [2.75, 3.05) is 0 Å². The summed E-state index contributed by atoms with van der Waals surface area (Å²) in [5.74, 6) is 2.73. The zero-order valence-corrected chi connectivity index (χ0v) is 17.6. The van der Waals surface area contributed by atoms with E-state index in [-0.39, 0.29) is 0 Å². The van der Waals surface area contributed by atoms with Crippen LogP contribution in [-0.2, 0) is 0 Å². The third-order valence-corrected chi connectivity index (χ3v) is 5.47. The first-order valence-electron chi connectivity index (χ1n) is 10.5. The van der Waals surface area contributed by atoms with Gasteiger partial charge in [0.25, 0.3) is 0 Å². The lowest BCUT2D eigenvalue weighted by Crippen LogP contribution is -1.99. The highest BCUT2D eigenvalue weighted by Crippen LogP contribution is 2.44. The summed E-state index contributed by atoms with van der Waals surface area (Å²) in [6, 6.07) is 36.1. The quantitative estimate of drug-likeness (QED) is 0.206. The third-order valence-electron chi connectivity index (χ3n) is 5.47. The van der Waals surface area contributed by atoms with Gasteiger partial charge in [0.05, 0.1) is 0 Å². The van der Waals surface area contributed by atoms with Crippen LogP contribution in [0.2, 0.25) is 0 Å². The van der Waals surface area contributed by atoms with Crippen molar-refractivity contribution in [1.82, 2.24) is 0 Å². The molecular formula is C30H22O2. The molecule has 0 aliphatic heterocycles. The Morgan fingerprint density at radius 3 is 1.00 bits per heavy atom. The maximum Gasteiger partial charge on any atom is 0.143 e. The van der Waals surface area contributed by atoms with E-state index in [1.165, 1.54) is 0 Å². The van der Waals surface area contributed by atoms with Gasteiger partial charge >= 0.3 is 0 Å². The van der Waals surface area contributed by atoms with Gasteiger partial charge in [-0.1, -0.05) is 122 Å². The van der Waals surface area contributed by atoms with Crippen LogP contribution in [0.5, 0.6) is 11.5 Å². The predicted octanol–water partition coefficient (Wildman–Crippen LogP) is 8.09. The zero-order valence-electron chi connectivity index (χ0n) is 17.6. The summed E-state index contributed by atoms with van der Waals surface area (Å²) in [6.07, 6.45) is 0. The van der Waals surface area contributed by atoms with E-state index in [2.05, 4.69) is 13.2 Å². The van der Waals surface area contributed by atoms with E-state index in [1.807, 2.05) is 109 Å². The number of rotatable bonds is 6. The number of hydrogen-bond donors (Lipinski definition) is 0. The Morgan fingerprint density at radius 1 is 0.406 bits per heavy atom. The molecule has 32 heavy (non-hydrogen) atoms. The molecule has 0 amide bonds. The molecule has 5 aromatic carbocycles. The molecule has 0 bridgehead atoms. The lowest BCUT2D eigenvalue weighted by molar-refractivity contribution is 0.520. The van der Waals surface area contributed by atoms with Gasteiger partial charge in [-0.25, -0.2) is 0 Å². The average molecular weight is 415 g/mol. The van der Waals surface area contributed by atoms with Crippen LogP contribution in [0.25, 0.3) is 33.1 Å². The number of fused-ring (bicyclic) bond motifs is 2. The second-order valence-electron chi connectivity index (χ2n) is 7.53. The Labute approximate surface area is 187 Å². The van der Waals surface area contributed by atoms with E-state index < -0.39 is 0 Å². The molecule has 0 N–H and O–H groups in total. The topological polar surface area (TPSA) is 18.5 Å². The fourth-order valence-electron chi connectivity index (χ4n) is 3.88. The molecule has 154 valence electrons. The Morgan fingerprint density at radius 2 is 0.688 bits per heavy atom. The molecule has 5 aromatic rings. The standard InChI is InChI=1S/C30H22O2/c1-21(23-13-5-3-6-14-23)31-29-25-17-9-11-19-27(25)30(28-20-12-10-18-26(28)29)32-22(2)24-15-7-4-8-16-24/h3-20H,1-2H2. The largest absolute Gasteiger partial charge is 0.456 e. The van der Waals surface area contributed by atoms with Crippen LogP contribution < -0.4 is 9.47 Å². The van der Waals surface area contributed by atoms with Gasteiger partial charge in [-0.2, -0.15) is 0 Å². The lowest BCUT2D eigenvalue weighted by atomic mass is 10.00. The molecule has 0 saturated carbocycles. The van der Waals surface area contributed by atoms with Crippen molar-refractivity contribution in [2.45, 2.75) is 0 Å². The Hall–Kier alpha value is -4.30. The summed E-state index contributed by atoms with van der Waals surface area (Å²) in [4.78, 5) is 0. The van der Waals surface area contributed by atoms with Crippen LogP contribution in [-0.4, -0.2) is 0 Å². The van der Waals surface area contributed by atoms with E-state index in [0.29, 0.717) is 11.5 Å². The minimum atomic E-state index is 0.600. The van der Waals surface area contributed by atoms with E-state index in [0.717, 1.165) is 44.2 Å². The number of benzene rings is 5. The molecule has 0 spiro atoms. The first kappa shape index (κ1) is 19.7. The fraction of sp³-hybridized carbons (Fsp3) is 0. The molecule has 0 heterocycles. The smallest absolute Gasteiger partial charge is 0.143 e. The normalized spacial score (nSPS) is 10.8. The van der Waals surface area contributed by atoms with Crippen LogP contribution in [0.15, 0.2) is 122 Å². The van der Waals surface area contributed by atoms with Crippen molar-refractivity contribution in [3.8, 4) is 11.5 Å². The summed E-state index contributed by atoms with van der Waals surface area (Å²) in [5, 5.41) is 3.83. The minimum absolute atomic E-state index is 0.600. The summed E-state index contributed by atoms with van der Waals surface area (Å²) in [5.41, 5.74) is 1.89. The van der Waals surface area contributed by atoms with Crippen molar-refractivity contribution in [1.29, 1.82) is 0 Å². The van der Waals surface area contributed by atoms with Gasteiger partial charge in [0.15, 0.2) is 0 Å². The van der Waals surface area contributed by atoms with E-state index >= 15 is 0 Å². The summed E-state index contributed by atoms with van der Waals surface area (Å²) < 4.78 is 12.8. The average Bonchev–Trinajstić information content (AvgIpc) is 2.86. The van der Waals surface area contributed by atoms with Crippen molar-refractivity contribution in [3.63, 3.8) is 0 Å². The van der Waals surface area contributed by atoms with Crippen molar-refractivity contribution in [2.24, 2.45) is 0 Å². The first-order chi connectivity index (χ1) is 15.7. The van der Waals surface area contributed by atoms with Crippen molar-refractivity contribution < 1.29 is 9.47 Å². The molecule has 0 fully saturated rings. The van der Waals surface area contributed by atoms with Gasteiger partial charge in [-0.15, -0.1) is 0 Å². The van der Waals surface area contributed by atoms with Gasteiger partial charge in [-0.05, 0) is 0 Å². The van der Waals surface area contributed by atoms with E-state index in [4.69, 9.17) is 9.47 Å². The molecular weight excluding hydrogens is 392 g/mol. The van der Waals surface area contributed by atoms with Crippen LogP contribution in [0.1, 0.15) is 11.1 Å². The zero-order chi connectivity index (χ0) is 21.9. The Balaban J connectivity index is 1.67. The Bertz CT molecular complexity index is 1270. The van der Waals surface area contributed by atoms with Crippen molar-refractivity contribution >= 4 is 33.1 Å². The van der Waals surface area contributed by atoms with Gasteiger partial charge in [0.1, 0.15) is 23.0 Å². The van der Waals surface area contributed by atoms with Crippen molar-refractivity contribution in [3.05, 3.63) is 133 Å². The molecule has 0 aliphatic rings. The molecule has 0 atom stereocenters. The highest BCUT2D eigenvalue weighted by molar-refractivity contribution is 6.11. The SMILES string of the molecule is C=C(Oc1c2ccccc2c(OC(=C)c2ccccc2)c2ccccc12)c1ccccc1. The summed E-state index contributed by atoms with van der Waals surface area (Å²) in [6.45, 7) is 8.35. The molecule has 0 aliphatic carbocycles.